The first-order valence-electron chi connectivity index (χ1n) is 5.37. The van der Waals surface area contributed by atoms with Gasteiger partial charge in [-0.1, -0.05) is 33.6 Å². The second-order valence-corrected chi connectivity index (χ2v) is 7.05. The van der Waals surface area contributed by atoms with E-state index in [1.165, 1.54) is 25.7 Å². The summed E-state index contributed by atoms with van der Waals surface area (Å²) >= 11 is 1.99. The van der Waals surface area contributed by atoms with Crippen LogP contribution in [0, 0.1) is 5.92 Å². The van der Waals surface area contributed by atoms with E-state index >= 15 is 0 Å². The third-order valence-electron chi connectivity index (χ3n) is 2.37. The number of hydrogen-bond donors (Lipinski definition) is 1. The van der Waals surface area contributed by atoms with Crippen LogP contribution < -0.4 is 5.73 Å². The minimum absolute atomic E-state index is 0.372. The highest BCUT2D eigenvalue weighted by Crippen LogP contribution is 2.34. The summed E-state index contributed by atoms with van der Waals surface area (Å²) in [6.07, 6.45) is 5.51. The van der Waals surface area contributed by atoms with Gasteiger partial charge in [0, 0.05) is 16.5 Å². The highest BCUT2D eigenvalue weighted by atomic mass is 32.2. The number of hydrogen-bond acceptors (Lipinski definition) is 2. The maximum atomic E-state index is 6.04. The lowest BCUT2D eigenvalue weighted by Crippen LogP contribution is -2.25. The van der Waals surface area contributed by atoms with Gasteiger partial charge >= 0.3 is 0 Å². The van der Waals surface area contributed by atoms with Gasteiger partial charge in [-0.2, -0.15) is 11.8 Å². The van der Waals surface area contributed by atoms with Gasteiger partial charge in [0.05, 0.1) is 0 Å². The van der Waals surface area contributed by atoms with E-state index in [1.807, 2.05) is 11.8 Å². The fourth-order valence-corrected chi connectivity index (χ4v) is 2.18. The van der Waals surface area contributed by atoms with Crippen molar-refractivity contribution in [3.05, 3.63) is 0 Å². The lowest BCUT2D eigenvalue weighted by atomic mass is 10.1. The second-order valence-electron chi connectivity index (χ2n) is 5.20. The Kier molecular flexibility index (Phi) is 4.11. The standard InChI is InChI=1S/C11H23NS/c1-11(2,3)13-8-10(12)7-6-9-4-5-9/h9-10H,4-8,12H2,1-3H3. The van der Waals surface area contributed by atoms with E-state index in [2.05, 4.69) is 20.8 Å². The SMILES string of the molecule is CC(C)(C)SCC(N)CCC1CC1. The van der Waals surface area contributed by atoms with E-state index in [-0.39, 0.29) is 0 Å². The van der Waals surface area contributed by atoms with Crippen molar-refractivity contribution in [2.75, 3.05) is 5.75 Å². The smallest absolute Gasteiger partial charge is 0.0130 e. The minimum atomic E-state index is 0.372. The van der Waals surface area contributed by atoms with E-state index in [0.29, 0.717) is 10.8 Å². The molecule has 0 aromatic heterocycles. The summed E-state index contributed by atoms with van der Waals surface area (Å²) in [6.45, 7) is 6.77. The van der Waals surface area contributed by atoms with Crippen molar-refractivity contribution in [1.82, 2.24) is 0 Å². The maximum Gasteiger partial charge on any atom is 0.0130 e. The molecule has 0 saturated heterocycles. The topological polar surface area (TPSA) is 26.0 Å². The molecule has 0 aromatic carbocycles. The van der Waals surface area contributed by atoms with Crippen LogP contribution in [0.25, 0.3) is 0 Å². The lowest BCUT2D eigenvalue weighted by Gasteiger charge is -2.20. The molecule has 1 saturated carbocycles. The Morgan fingerprint density at radius 2 is 2.00 bits per heavy atom. The van der Waals surface area contributed by atoms with Crippen molar-refractivity contribution in [2.45, 2.75) is 57.2 Å². The van der Waals surface area contributed by atoms with Crippen LogP contribution in [0.15, 0.2) is 0 Å². The van der Waals surface area contributed by atoms with Gasteiger partial charge in [0.1, 0.15) is 0 Å². The molecule has 13 heavy (non-hydrogen) atoms. The molecule has 2 heteroatoms. The molecule has 1 aliphatic rings. The quantitative estimate of drug-likeness (QED) is 0.740. The van der Waals surface area contributed by atoms with Crippen LogP contribution >= 0.6 is 11.8 Å². The van der Waals surface area contributed by atoms with E-state index in [0.717, 1.165) is 11.7 Å². The van der Waals surface area contributed by atoms with Crippen LogP contribution in [0.4, 0.5) is 0 Å². The Morgan fingerprint density at radius 1 is 1.38 bits per heavy atom. The second kappa shape index (κ2) is 4.70. The average molecular weight is 201 g/mol. The summed E-state index contributed by atoms with van der Waals surface area (Å²) in [6, 6.07) is 0.421. The summed E-state index contributed by atoms with van der Waals surface area (Å²) in [4.78, 5) is 0. The molecule has 1 aliphatic carbocycles. The zero-order valence-corrected chi connectivity index (χ0v) is 9.99. The van der Waals surface area contributed by atoms with Gasteiger partial charge in [0.15, 0.2) is 0 Å². The lowest BCUT2D eigenvalue weighted by molar-refractivity contribution is 0.590. The molecule has 1 rings (SSSR count). The Hall–Kier alpha value is 0.310. The van der Waals surface area contributed by atoms with Crippen LogP contribution in [0.5, 0.6) is 0 Å². The highest BCUT2D eigenvalue weighted by Gasteiger charge is 2.22. The summed E-state index contributed by atoms with van der Waals surface area (Å²) in [5.41, 5.74) is 6.04. The Balaban J connectivity index is 1.99. The van der Waals surface area contributed by atoms with Crippen LogP contribution in [-0.2, 0) is 0 Å². The van der Waals surface area contributed by atoms with E-state index in [9.17, 15) is 0 Å². The van der Waals surface area contributed by atoms with Crippen molar-refractivity contribution in [1.29, 1.82) is 0 Å². The van der Waals surface area contributed by atoms with Crippen LogP contribution in [0.1, 0.15) is 46.5 Å². The molecular formula is C11H23NS. The Labute approximate surface area is 86.8 Å². The molecule has 1 unspecified atom stereocenters. The summed E-state index contributed by atoms with van der Waals surface area (Å²) in [7, 11) is 0. The molecule has 0 aliphatic heterocycles. The molecular weight excluding hydrogens is 178 g/mol. The highest BCUT2D eigenvalue weighted by molar-refractivity contribution is 8.00. The molecule has 0 amide bonds. The number of nitrogens with two attached hydrogens (primary N) is 1. The van der Waals surface area contributed by atoms with E-state index < -0.39 is 0 Å². The fraction of sp³-hybridized carbons (Fsp3) is 1.00. The first-order chi connectivity index (χ1) is 5.97. The number of thioether (sulfide) groups is 1. The van der Waals surface area contributed by atoms with Crippen molar-refractivity contribution >= 4 is 11.8 Å². The largest absolute Gasteiger partial charge is 0.327 e. The zero-order valence-electron chi connectivity index (χ0n) is 9.18. The predicted octanol–water partition coefficient (Wildman–Crippen LogP) is 3.04. The molecule has 0 aromatic rings. The first-order valence-corrected chi connectivity index (χ1v) is 6.35. The van der Waals surface area contributed by atoms with Gasteiger partial charge in [-0.25, -0.2) is 0 Å². The Morgan fingerprint density at radius 3 is 2.46 bits per heavy atom. The number of rotatable bonds is 5. The molecule has 1 nitrogen and oxygen atoms in total. The van der Waals surface area contributed by atoms with Gasteiger partial charge in [-0.3, -0.25) is 0 Å². The molecule has 0 bridgehead atoms. The van der Waals surface area contributed by atoms with Gasteiger partial charge < -0.3 is 5.73 Å². The third-order valence-corrected chi connectivity index (χ3v) is 3.83. The monoisotopic (exact) mass is 201 g/mol. The summed E-state index contributed by atoms with van der Waals surface area (Å²) < 4.78 is 0.372. The van der Waals surface area contributed by atoms with Gasteiger partial charge in [0.25, 0.3) is 0 Å². The maximum absolute atomic E-state index is 6.04. The first kappa shape index (κ1) is 11.4. The van der Waals surface area contributed by atoms with Crippen LogP contribution in [-0.4, -0.2) is 16.5 Å². The van der Waals surface area contributed by atoms with Crippen LogP contribution in [0.3, 0.4) is 0 Å². The van der Waals surface area contributed by atoms with E-state index in [1.54, 1.807) is 0 Å². The Bertz CT molecular complexity index is 147. The molecule has 1 atom stereocenters. The zero-order chi connectivity index (χ0) is 9.90. The van der Waals surface area contributed by atoms with E-state index in [4.69, 9.17) is 5.73 Å². The van der Waals surface area contributed by atoms with Crippen molar-refractivity contribution in [2.24, 2.45) is 11.7 Å². The predicted molar refractivity (Wildman–Crippen MR) is 62.1 cm³/mol. The molecule has 2 N–H and O–H groups in total. The normalized spacial score (nSPS) is 20.3. The summed E-state index contributed by atoms with van der Waals surface area (Å²) in [5.74, 6) is 2.15. The third kappa shape index (κ3) is 6.39. The minimum Gasteiger partial charge on any atom is -0.327 e. The van der Waals surface area contributed by atoms with Crippen LogP contribution in [0.2, 0.25) is 0 Å². The molecule has 0 heterocycles. The van der Waals surface area contributed by atoms with Gasteiger partial charge in [-0.05, 0) is 18.8 Å². The molecule has 0 radical (unpaired) electrons. The van der Waals surface area contributed by atoms with Gasteiger partial charge in [0.2, 0.25) is 0 Å². The molecule has 1 fully saturated rings. The van der Waals surface area contributed by atoms with Gasteiger partial charge in [-0.15, -0.1) is 0 Å². The molecule has 78 valence electrons. The van der Waals surface area contributed by atoms with Crippen molar-refractivity contribution in [3.63, 3.8) is 0 Å². The average Bonchev–Trinajstić information content (AvgIpc) is 2.78. The summed E-state index contributed by atoms with van der Waals surface area (Å²) in [5, 5.41) is 0. The molecule has 0 spiro atoms. The van der Waals surface area contributed by atoms with Crippen molar-refractivity contribution < 1.29 is 0 Å². The van der Waals surface area contributed by atoms with Crippen molar-refractivity contribution in [3.8, 4) is 0 Å². The fourth-order valence-electron chi connectivity index (χ4n) is 1.30.